The van der Waals surface area contributed by atoms with Crippen molar-refractivity contribution in [1.29, 1.82) is 0 Å². The molecule has 0 saturated heterocycles. The van der Waals surface area contributed by atoms with Crippen LogP contribution in [0.15, 0.2) is 30.3 Å². The van der Waals surface area contributed by atoms with E-state index in [9.17, 15) is 0 Å². The van der Waals surface area contributed by atoms with Gasteiger partial charge >= 0.3 is 0 Å². The first-order chi connectivity index (χ1) is 14.2. The van der Waals surface area contributed by atoms with Crippen molar-refractivity contribution in [3.8, 4) is 0 Å². The maximum Gasteiger partial charge on any atom is 0.0411 e. The molecule has 0 aliphatic carbocycles. The molecule has 3 N–H and O–H groups in total. The Bertz CT molecular complexity index is 756. The third kappa shape index (κ3) is 6.50. The minimum atomic E-state index is 0.512. The highest BCUT2D eigenvalue weighted by Gasteiger charge is 2.16. The molecule has 2 rings (SSSR count). The van der Waals surface area contributed by atoms with Crippen LogP contribution in [0.5, 0.6) is 0 Å². The summed E-state index contributed by atoms with van der Waals surface area (Å²) in [5.74, 6) is 1.58. The molecule has 30 heavy (non-hydrogen) atoms. The van der Waals surface area contributed by atoms with E-state index in [1.54, 1.807) is 0 Å². The predicted octanol–water partition coefficient (Wildman–Crippen LogP) is 6.79. The molecule has 0 atom stereocenters. The molecule has 3 heteroatoms. The van der Waals surface area contributed by atoms with E-state index in [0.29, 0.717) is 17.8 Å². The molecule has 0 amide bonds. The van der Waals surface area contributed by atoms with Crippen molar-refractivity contribution in [2.75, 3.05) is 36.8 Å². The summed E-state index contributed by atoms with van der Waals surface area (Å²) in [6.07, 6.45) is 0. The minimum Gasteiger partial charge on any atom is -0.383 e. The topological polar surface area (TPSA) is 36.1 Å². The molecule has 0 aliphatic rings. The van der Waals surface area contributed by atoms with Gasteiger partial charge in [0.1, 0.15) is 0 Å². The lowest BCUT2D eigenvalue weighted by molar-refractivity contribution is 0.716. The van der Waals surface area contributed by atoms with Gasteiger partial charge in [0.25, 0.3) is 0 Å². The first kappa shape index (κ1) is 24.3. The first-order valence-electron chi connectivity index (χ1n) is 11.6. The summed E-state index contributed by atoms with van der Waals surface area (Å²) in [4.78, 5) is 0. The van der Waals surface area contributed by atoms with Crippen LogP contribution >= 0.6 is 0 Å². The van der Waals surface area contributed by atoms with Crippen LogP contribution < -0.4 is 16.0 Å². The van der Waals surface area contributed by atoms with Crippen LogP contribution in [-0.4, -0.2) is 26.2 Å². The molecule has 0 unspecified atom stereocenters. The highest BCUT2D eigenvalue weighted by molar-refractivity contribution is 5.62. The van der Waals surface area contributed by atoms with E-state index >= 15 is 0 Å². The van der Waals surface area contributed by atoms with Gasteiger partial charge in [0.05, 0.1) is 0 Å². The van der Waals surface area contributed by atoms with Crippen molar-refractivity contribution in [3.63, 3.8) is 0 Å². The van der Waals surface area contributed by atoms with Crippen LogP contribution in [0.3, 0.4) is 0 Å². The van der Waals surface area contributed by atoms with Gasteiger partial charge in [0.15, 0.2) is 0 Å². The predicted molar refractivity (Wildman–Crippen MR) is 134 cm³/mol. The molecule has 2 aromatic rings. The van der Waals surface area contributed by atoms with Crippen LogP contribution in [0, 0.1) is 13.8 Å². The Hall–Kier alpha value is -2.00. The molecule has 0 heterocycles. The van der Waals surface area contributed by atoms with Crippen molar-refractivity contribution in [1.82, 2.24) is 5.32 Å². The van der Waals surface area contributed by atoms with Gasteiger partial charge in [-0.3, -0.25) is 0 Å². The zero-order valence-electron chi connectivity index (χ0n) is 20.4. The monoisotopic (exact) mass is 409 g/mol. The number of nitrogens with one attached hydrogen (secondary N) is 3. The summed E-state index contributed by atoms with van der Waals surface area (Å²) in [6.45, 7) is 21.9. The highest BCUT2D eigenvalue weighted by Crippen LogP contribution is 2.35. The average molecular weight is 410 g/mol. The molecular formula is C27H43N3. The molecule has 166 valence electrons. The van der Waals surface area contributed by atoms with Crippen LogP contribution in [-0.2, 0) is 0 Å². The summed E-state index contributed by atoms with van der Waals surface area (Å²) in [5, 5.41) is 10.9. The maximum atomic E-state index is 3.75. The lowest BCUT2D eigenvalue weighted by Crippen LogP contribution is -2.28. The molecule has 0 spiro atoms. The highest BCUT2D eigenvalue weighted by atomic mass is 15.0. The van der Waals surface area contributed by atoms with E-state index in [1.165, 1.54) is 39.2 Å². The van der Waals surface area contributed by atoms with E-state index in [2.05, 4.69) is 102 Å². The number of benzene rings is 2. The Morgan fingerprint density at radius 1 is 0.633 bits per heavy atom. The molecule has 2 aromatic carbocycles. The zero-order valence-corrected chi connectivity index (χ0v) is 20.4. The summed E-state index contributed by atoms with van der Waals surface area (Å²) in [6, 6.07) is 11.3. The molecular weight excluding hydrogens is 366 g/mol. The van der Waals surface area contributed by atoms with Gasteiger partial charge in [-0.2, -0.15) is 0 Å². The van der Waals surface area contributed by atoms with Gasteiger partial charge in [0, 0.05) is 37.6 Å². The van der Waals surface area contributed by atoms with E-state index in [0.717, 1.165) is 26.2 Å². The molecule has 3 nitrogen and oxygen atoms in total. The van der Waals surface area contributed by atoms with Gasteiger partial charge in [-0.15, -0.1) is 0 Å². The molecule has 0 radical (unpaired) electrons. The quantitative estimate of drug-likeness (QED) is 0.358. The number of para-hydroxylation sites is 1. The Morgan fingerprint density at radius 3 is 1.53 bits per heavy atom. The lowest BCUT2D eigenvalue weighted by Gasteiger charge is -2.24. The van der Waals surface area contributed by atoms with Gasteiger partial charge in [0.2, 0.25) is 0 Å². The summed E-state index contributed by atoms with van der Waals surface area (Å²) in [7, 11) is 0. The zero-order chi connectivity index (χ0) is 22.3. The summed E-state index contributed by atoms with van der Waals surface area (Å²) >= 11 is 0. The Balaban J connectivity index is 1.91. The van der Waals surface area contributed by atoms with Gasteiger partial charge in [-0.1, -0.05) is 71.9 Å². The molecule has 0 fully saturated rings. The van der Waals surface area contributed by atoms with Crippen molar-refractivity contribution < 1.29 is 0 Å². The third-order valence-corrected chi connectivity index (χ3v) is 5.82. The van der Waals surface area contributed by atoms with Crippen molar-refractivity contribution in [2.24, 2.45) is 0 Å². The van der Waals surface area contributed by atoms with Gasteiger partial charge < -0.3 is 16.0 Å². The second-order valence-corrected chi connectivity index (χ2v) is 9.41. The van der Waals surface area contributed by atoms with Crippen LogP contribution in [0.2, 0.25) is 0 Å². The molecule has 0 bridgehead atoms. The SMILES string of the molecule is Cc1cccc(C)c1NCCNCCNc1c(C(C)C)cc(C(C)C)cc1C(C)C. The smallest absolute Gasteiger partial charge is 0.0411 e. The fourth-order valence-corrected chi connectivity index (χ4v) is 3.93. The maximum absolute atomic E-state index is 3.75. The number of hydrogen-bond acceptors (Lipinski definition) is 3. The van der Waals surface area contributed by atoms with Crippen molar-refractivity contribution in [3.05, 3.63) is 58.1 Å². The van der Waals surface area contributed by atoms with Crippen molar-refractivity contribution in [2.45, 2.75) is 73.1 Å². The fraction of sp³-hybridized carbons (Fsp3) is 0.556. The largest absolute Gasteiger partial charge is 0.383 e. The standard InChI is InChI=1S/C27H43N3/c1-18(2)23-16-24(19(3)4)27(25(17-23)20(5)6)30-15-13-28-12-14-29-26-21(7)10-9-11-22(26)8/h9-11,16-20,28-30H,12-15H2,1-8H3. The second kappa shape index (κ2) is 11.4. The summed E-state index contributed by atoms with van der Waals surface area (Å²) in [5.41, 5.74) is 9.57. The van der Waals surface area contributed by atoms with Crippen molar-refractivity contribution >= 4 is 11.4 Å². The number of rotatable bonds is 11. The second-order valence-electron chi connectivity index (χ2n) is 9.41. The number of hydrogen-bond donors (Lipinski definition) is 3. The average Bonchev–Trinajstić information content (AvgIpc) is 2.68. The Labute approximate surface area is 185 Å². The van der Waals surface area contributed by atoms with E-state index < -0.39 is 0 Å². The van der Waals surface area contributed by atoms with E-state index in [1.807, 2.05) is 0 Å². The van der Waals surface area contributed by atoms with Crippen LogP contribution in [0.25, 0.3) is 0 Å². The van der Waals surface area contributed by atoms with E-state index in [4.69, 9.17) is 0 Å². The molecule has 0 aromatic heterocycles. The third-order valence-electron chi connectivity index (χ3n) is 5.82. The van der Waals surface area contributed by atoms with E-state index in [-0.39, 0.29) is 0 Å². The first-order valence-corrected chi connectivity index (χ1v) is 11.6. The Morgan fingerprint density at radius 2 is 1.10 bits per heavy atom. The van der Waals surface area contributed by atoms with Gasteiger partial charge in [-0.05, 0) is 59.4 Å². The molecule has 0 saturated carbocycles. The lowest BCUT2D eigenvalue weighted by atomic mass is 9.87. The normalized spacial score (nSPS) is 11.6. The minimum absolute atomic E-state index is 0.512. The number of aryl methyl sites for hydroxylation is 2. The molecule has 0 aliphatic heterocycles. The Kier molecular flexibility index (Phi) is 9.23. The van der Waals surface area contributed by atoms with Crippen LogP contribution in [0.1, 0.15) is 87.1 Å². The number of anilines is 2. The van der Waals surface area contributed by atoms with Crippen LogP contribution in [0.4, 0.5) is 11.4 Å². The fourth-order valence-electron chi connectivity index (χ4n) is 3.93. The van der Waals surface area contributed by atoms with Gasteiger partial charge in [-0.25, -0.2) is 0 Å². The summed E-state index contributed by atoms with van der Waals surface area (Å²) < 4.78 is 0.